The van der Waals surface area contributed by atoms with Crippen LogP contribution in [0.5, 0.6) is 0 Å². The smallest absolute Gasteiger partial charge is 0.233 e. The number of carbonyl (C=O) groups is 1. The number of hydrogen-bond donors (Lipinski definition) is 1. The molecule has 1 saturated heterocycles. The van der Waals surface area contributed by atoms with Gasteiger partial charge >= 0.3 is 0 Å². The summed E-state index contributed by atoms with van der Waals surface area (Å²) < 4.78 is 5.29. The summed E-state index contributed by atoms with van der Waals surface area (Å²) in [6.07, 6.45) is -0.694. The molecule has 1 atom stereocenters. The Morgan fingerprint density at radius 3 is 2.62 bits per heavy atom. The van der Waals surface area contributed by atoms with Crippen LogP contribution in [0.15, 0.2) is 35.4 Å². The van der Waals surface area contributed by atoms with E-state index in [0.29, 0.717) is 42.7 Å². The van der Waals surface area contributed by atoms with E-state index in [1.807, 2.05) is 42.2 Å². The van der Waals surface area contributed by atoms with Gasteiger partial charge in [0, 0.05) is 29.9 Å². The van der Waals surface area contributed by atoms with Crippen LogP contribution in [0.1, 0.15) is 24.3 Å². The number of ether oxygens (including phenoxy) is 1. The highest BCUT2D eigenvalue weighted by molar-refractivity contribution is 7.99. The maximum atomic E-state index is 12.4. The third-order valence-corrected chi connectivity index (χ3v) is 5.22. The molecular weight excluding hydrogens is 350 g/mol. The monoisotopic (exact) mass is 373 g/mol. The first-order valence-electron chi connectivity index (χ1n) is 8.66. The number of aliphatic hydroxyl groups is 1. The Kier molecular flexibility index (Phi) is 6.24. The van der Waals surface area contributed by atoms with Gasteiger partial charge in [-0.2, -0.15) is 0 Å². The number of aryl methyl sites for hydroxylation is 1. The molecule has 138 valence electrons. The minimum Gasteiger partial charge on any atom is -0.389 e. The van der Waals surface area contributed by atoms with Gasteiger partial charge in [-0.3, -0.25) is 4.79 Å². The Labute approximate surface area is 157 Å². The molecular formula is C19H23N3O3S. The summed E-state index contributed by atoms with van der Waals surface area (Å²) in [5.74, 6) is 0.950. The van der Waals surface area contributed by atoms with Crippen molar-refractivity contribution in [3.63, 3.8) is 0 Å². The van der Waals surface area contributed by atoms with Crippen LogP contribution >= 0.6 is 11.8 Å². The number of aromatic nitrogens is 2. The van der Waals surface area contributed by atoms with Crippen LogP contribution in [0, 0.1) is 6.92 Å². The normalized spacial score (nSPS) is 15.7. The van der Waals surface area contributed by atoms with Crippen molar-refractivity contribution in [2.24, 2.45) is 0 Å². The molecule has 1 amide bonds. The van der Waals surface area contributed by atoms with E-state index in [4.69, 9.17) is 4.74 Å². The zero-order chi connectivity index (χ0) is 18.5. The van der Waals surface area contributed by atoms with Crippen molar-refractivity contribution in [2.75, 3.05) is 32.1 Å². The first-order chi connectivity index (χ1) is 12.6. The van der Waals surface area contributed by atoms with Gasteiger partial charge in [-0.25, -0.2) is 9.97 Å². The van der Waals surface area contributed by atoms with Gasteiger partial charge in [-0.05, 0) is 13.8 Å². The van der Waals surface area contributed by atoms with E-state index >= 15 is 0 Å². The number of thioether (sulfide) groups is 1. The predicted molar refractivity (Wildman–Crippen MR) is 101 cm³/mol. The number of rotatable bonds is 5. The van der Waals surface area contributed by atoms with Crippen molar-refractivity contribution in [1.29, 1.82) is 0 Å². The molecule has 0 spiro atoms. The Morgan fingerprint density at radius 1 is 1.27 bits per heavy atom. The second kappa shape index (κ2) is 8.62. The molecule has 0 radical (unpaired) electrons. The van der Waals surface area contributed by atoms with Crippen molar-refractivity contribution < 1.29 is 14.6 Å². The maximum absolute atomic E-state index is 12.4. The Hall–Kier alpha value is -1.96. The van der Waals surface area contributed by atoms with E-state index in [2.05, 4.69) is 9.97 Å². The van der Waals surface area contributed by atoms with Gasteiger partial charge in [0.1, 0.15) is 5.03 Å². The lowest BCUT2D eigenvalue weighted by molar-refractivity contribution is -0.132. The zero-order valence-corrected chi connectivity index (χ0v) is 15.8. The van der Waals surface area contributed by atoms with E-state index in [1.165, 1.54) is 11.8 Å². The van der Waals surface area contributed by atoms with Crippen LogP contribution in [0.2, 0.25) is 0 Å². The van der Waals surface area contributed by atoms with Crippen LogP contribution in [0.4, 0.5) is 0 Å². The first-order valence-corrected chi connectivity index (χ1v) is 9.65. The van der Waals surface area contributed by atoms with Gasteiger partial charge in [-0.15, -0.1) is 0 Å². The molecule has 2 aromatic rings. The topological polar surface area (TPSA) is 75.6 Å². The van der Waals surface area contributed by atoms with Crippen LogP contribution < -0.4 is 0 Å². The van der Waals surface area contributed by atoms with Gasteiger partial charge in [0.2, 0.25) is 5.91 Å². The lowest BCUT2D eigenvalue weighted by Crippen LogP contribution is -2.41. The third kappa shape index (κ3) is 4.41. The molecule has 26 heavy (non-hydrogen) atoms. The second-order valence-electron chi connectivity index (χ2n) is 6.18. The standard InChI is InChI=1S/C19H23N3O3S/c1-13-17(14(2)23)19(21-18(20-13)15-6-4-3-5-7-15)26-12-16(24)22-8-10-25-11-9-22/h3-7,14,23H,8-12H2,1-2H3/t14-/m0/s1. The average molecular weight is 373 g/mol. The summed E-state index contributed by atoms with van der Waals surface area (Å²) in [7, 11) is 0. The molecule has 1 N–H and O–H groups in total. The van der Waals surface area contributed by atoms with Crippen LogP contribution in [0.3, 0.4) is 0 Å². The largest absolute Gasteiger partial charge is 0.389 e. The molecule has 1 aromatic heterocycles. The minimum atomic E-state index is -0.694. The summed E-state index contributed by atoms with van der Waals surface area (Å²) in [5.41, 5.74) is 2.33. The zero-order valence-electron chi connectivity index (χ0n) is 15.0. The van der Waals surface area contributed by atoms with Gasteiger partial charge in [0.15, 0.2) is 5.82 Å². The molecule has 1 aliphatic heterocycles. The quantitative estimate of drug-likeness (QED) is 0.641. The van der Waals surface area contributed by atoms with Crippen LogP contribution in [0.25, 0.3) is 11.4 Å². The highest BCUT2D eigenvalue weighted by atomic mass is 32.2. The van der Waals surface area contributed by atoms with Crippen LogP contribution in [-0.2, 0) is 9.53 Å². The van der Waals surface area contributed by atoms with Gasteiger partial charge in [0.05, 0.1) is 25.1 Å². The molecule has 0 unspecified atom stereocenters. The molecule has 3 rings (SSSR count). The van der Waals surface area contributed by atoms with Gasteiger partial charge in [0.25, 0.3) is 0 Å². The van der Waals surface area contributed by atoms with E-state index in [-0.39, 0.29) is 11.7 Å². The molecule has 6 nitrogen and oxygen atoms in total. The molecule has 2 heterocycles. The number of hydrogen-bond acceptors (Lipinski definition) is 6. The molecule has 1 fully saturated rings. The third-order valence-electron chi connectivity index (χ3n) is 4.25. The number of nitrogens with zero attached hydrogens (tertiary/aromatic N) is 3. The van der Waals surface area contributed by atoms with E-state index in [9.17, 15) is 9.90 Å². The maximum Gasteiger partial charge on any atom is 0.233 e. The summed E-state index contributed by atoms with van der Waals surface area (Å²) in [5, 5.41) is 10.8. The van der Waals surface area contributed by atoms with Crippen molar-refractivity contribution in [3.8, 4) is 11.4 Å². The summed E-state index contributed by atoms with van der Waals surface area (Å²) in [6, 6.07) is 9.71. The van der Waals surface area contributed by atoms with E-state index < -0.39 is 6.10 Å². The van der Waals surface area contributed by atoms with Crippen molar-refractivity contribution >= 4 is 17.7 Å². The van der Waals surface area contributed by atoms with Gasteiger partial charge in [-0.1, -0.05) is 42.1 Å². The fraction of sp³-hybridized carbons (Fsp3) is 0.421. The van der Waals surface area contributed by atoms with Crippen molar-refractivity contribution in [3.05, 3.63) is 41.6 Å². The van der Waals surface area contributed by atoms with E-state index in [0.717, 1.165) is 11.3 Å². The summed E-state index contributed by atoms with van der Waals surface area (Å²) in [6.45, 7) is 5.98. The van der Waals surface area contributed by atoms with Crippen molar-refractivity contribution in [1.82, 2.24) is 14.9 Å². The highest BCUT2D eigenvalue weighted by Gasteiger charge is 2.21. The number of carbonyl (C=O) groups excluding carboxylic acids is 1. The Balaban J connectivity index is 1.83. The molecule has 0 aliphatic carbocycles. The summed E-state index contributed by atoms with van der Waals surface area (Å²) in [4.78, 5) is 23.4. The lowest BCUT2D eigenvalue weighted by atomic mass is 10.1. The first kappa shape index (κ1) is 18.8. The predicted octanol–water partition coefficient (Wildman–Crippen LogP) is 2.46. The highest BCUT2D eigenvalue weighted by Crippen LogP contribution is 2.30. The molecule has 1 aromatic carbocycles. The second-order valence-corrected chi connectivity index (χ2v) is 7.14. The number of aliphatic hydroxyl groups excluding tert-OH is 1. The number of morpholine rings is 1. The van der Waals surface area contributed by atoms with E-state index in [1.54, 1.807) is 6.92 Å². The molecule has 0 bridgehead atoms. The Morgan fingerprint density at radius 2 is 1.96 bits per heavy atom. The van der Waals surface area contributed by atoms with Crippen LogP contribution in [-0.4, -0.2) is 57.9 Å². The Bertz CT molecular complexity index is 762. The van der Waals surface area contributed by atoms with Crippen molar-refractivity contribution in [2.45, 2.75) is 25.0 Å². The SMILES string of the molecule is Cc1nc(-c2ccccc2)nc(SCC(=O)N2CCOCC2)c1[C@H](C)O. The number of amides is 1. The summed E-state index contributed by atoms with van der Waals surface area (Å²) >= 11 is 1.36. The number of benzene rings is 1. The minimum absolute atomic E-state index is 0.0624. The van der Waals surface area contributed by atoms with Gasteiger partial charge < -0.3 is 14.7 Å². The lowest BCUT2D eigenvalue weighted by Gasteiger charge is -2.26. The fourth-order valence-electron chi connectivity index (χ4n) is 2.90. The molecule has 1 aliphatic rings. The molecule has 0 saturated carbocycles. The average Bonchev–Trinajstić information content (AvgIpc) is 2.66. The molecule has 7 heteroatoms. The fourth-order valence-corrected chi connectivity index (χ4v) is 3.96.